The minimum absolute atomic E-state index is 0. The SMILES string of the molecule is [Cl-].c1ccc(OCCNCC2CCCO2)cc1. The topological polar surface area (TPSA) is 30.5 Å². The van der Waals surface area contributed by atoms with Crippen LogP contribution in [0.3, 0.4) is 0 Å². The molecule has 0 aromatic heterocycles. The van der Waals surface area contributed by atoms with Crippen molar-refractivity contribution in [3.05, 3.63) is 30.3 Å². The van der Waals surface area contributed by atoms with Crippen LogP contribution in [0.2, 0.25) is 0 Å². The van der Waals surface area contributed by atoms with Crippen LogP contribution in [0.25, 0.3) is 0 Å². The van der Waals surface area contributed by atoms with E-state index in [1.54, 1.807) is 0 Å². The number of ether oxygens (including phenoxy) is 2. The molecule has 0 bridgehead atoms. The highest BCUT2D eigenvalue weighted by Crippen LogP contribution is 2.10. The molecule has 1 aliphatic heterocycles. The Labute approximate surface area is 109 Å². The van der Waals surface area contributed by atoms with Gasteiger partial charge in [-0.3, -0.25) is 0 Å². The second-order valence-corrected chi connectivity index (χ2v) is 4.00. The van der Waals surface area contributed by atoms with Gasteiger partial charge in [0, 0.05) is 19.7 Å². The molecule has 1 aromatic carbocycles. The van der Waals surface area contributed by atoms with E-state index in [1.165, 1.54) is 12.8 Å². The number of benzene rings is 1. The van der Waals surface area contributed by atoms with Crippen LogP contribution in [-0.2, 0) is 4.74 Å². The number of rotatable bonds is 6. The van der Waals surface area contributed by atoms with Crippen LogP contribution in [0.1, 0.15) is 12.8 Å². The molecule has 1 aromatic rings. The molecule has 4 heteroatoms. The molecule has 1 atom stereocenters. The predicted octanol–water partition coefficient (Wildman–Crippen LogP) is -1.16. The van der Waals surface area contributed by atoms with Crippen LogP contribution in [0, 0.1) is 0 Å². The number of hydrogen-bond acceptors (Lipinski definition) is 3. The van der Waals surface area contributed by atoms with E-state index in [2.05, 4.69) is 5.32 Å². The molecular weight excluding hydrogens is 238 g/mol. The highest BCUT2D eigenvalue weighted by Gasteiger charge is 2.13. The predicted molar refractivity (Wildman–Crippen MR) is 63.8 cm³/mol. The van der Waals surface area contributed by atoms with E-state index in [9.17, 15) is 0 Å². The van der Waals surface area contributed by atoms with Gasteiger partial charge in [-0.2, -0.15) is 0 Å². The van der Waals surface area contributed by atoms with Crippen molar-refractivity contribution in [1.82, 2.24) is 5.32 Å². The Morgan fingerprint density at radius 3 is 2.82 bits per heavy atom. The third-order valence-electron chi connectivity index (χ3n) is 2.69. The van der Waals surface area contributed by atoms with Gasteiger partial charge in [0.2, 0.25) is 0 Å². The van der Waals surface area contributed by atoms with Gasteiger partial charge in [0.1, 0.15) is 12.4 Å². The standard InChI is InChI=1S/C13H19NO2.ClH/c1-2-5-12(6-3-1)16-10-8-14-11-13-7-4-9-15-13;/h1-3,5-6,13-14H,4,7-11H2;1H/p-1. The van der Waals surface area contributed by atoms with Gasteiger partial charge in [0.25, 0.3) is 0 Å². The zero-order valence-corrected chi connectivity index (χ0v) is 10.7. The normalized spacial score (nSPS) is 18.7. The molecule has 1 unspecified atom stereocenters. The highest BCUT2D eigenvalue weighted by atomic mass is 35.5. The van der Waals surface area contributed by atoms with Crippen molar-refractivity contribution < 1.29 is 21.9 Å². The van der Waals surface area contributed by atoms with Gasteiger partial charge in [-0.1, -0.05) is 18.2 Å². The van der Waals surface area contributed by atoms with Crippen molar-refractivity contribution >= 4 is 0 Å². The van der Waals surface area contributed by atoms with E-state index < -0.39 is 0 Å². The lowest BCUT2D eigenvalue weighted by Gasteiger charge is -2.11. The van der Waals surface area contributed by atoms with Crippen molar-refractivity contribution in [1.29, 1.82) is 0 Å². The maximum atomic E-state index is 5.57. The summed E-state index contributed by atoms with van der Waals surface area (Å²) in [5.41, 5.74) is 0. The van der Waals surface area contributed by atoms with Crippen molar-refractivity contribution in [2.24, 2.45) is 0 Å². The summed E-state index contributed by atoms with van der Waals surface area (Å²) < 4.78 is 11.1. The van der Waals surface area contributed by atoms with Crippen molar-refractivity contribution in [3.63, 3.8) is 0 Å². The first-order chi connectivity index (χ1) is 7.95. The third kappa shape index (κ3) is 5.39. The molecule has 0 radical (unpaired) electrons. The van der Waals surface area contributed by atoms with Gasteiger partial charge in [0.15, 0.2) is 0 Å². The molecule has 1 heterocycles. The minimum Gasteiger partial charge on any atom is -1.00 e. The molecule has 17 heavy (non-hydrogen) atoms. The molecule has 0 saturated carbocycles. The summed E-state index contributed by atoms with van der Waals surface area (Å²) in [6, 6.07) is 9.90. The fourth-order valence-corrected chi connectivity index (χ4v) is 1.83. The van der Waals surface area contributed by atoms with Crippen molar-refractivity contribution in [3.8, 4) is 5.75 Å². The number of nitrogens with one attached hydrogen (secondary N) is 1. The smallest absolute Gasteiger partial charge is 0.119 e. The van der Waals surface area contributed by atoms with Crippen LogP contribution < -0.4 is 22.5 Å². The summed E-state index contributed by atoms with van der Waals surface area (Å²) >= 11 is 0. The Morgan fingerprint density at radius 2 is 2.12 bits per heavy atom. The first kappa shape index (κ1) is 14.3. The number of hydrogen-bond donors (Lipinski definition) is 1. The van der Waals surface area contributed by atoms with Gasteiger partial charge in [-0.15, -0.1) is 0 Å². The molecule has 1 saturated heterocycles. The first-order valence-corrected chi connectivity index (χ1v) is 5.95. The van der Waals surface area contributed by atoms with Gasteiger partial charge in [-0.05, 0) is 25.0 Å². The maximum Gasteiger partial charge on any atom is 0.119 e. The molecule has 3 nitrogen and oxygen atoms in total. The Morgan fingerprint density at radius 1 is 1.29 bits per heavy atom. The molecule has 1 aliphatic rings. The van der Waals surface area contributed by atoms with Gasteiger partial charge < -0.3 is 27.2 Å². The highest BCUT2D eigenvalue weighted by molar-refractivity contribution is 5.20. The van der Waals surface area contributed by atoms with E-state index in [-0.39, 0.29) is 12.4 Å². The summed E-state index contributed by atoms with van der Waals surface area (Å²) in [5.74, 6) is 0.932. The number of para-hydroxylation sites is 1. The largest absolute Gasteiger partial charge is 1.00 e. The molecule has 1 fully saturated rings. The van der Waals surface area contributed by atoms with Crippen molar-refractivity contribution in [2.75, 3.05) is 26.3 Å². The van der Waals surface area contributed by atoms with Gasteiger partial charge in [-0.25, -0.2) is 0 Å². The van der Waals surface area contributed by atoms with Gasteiger partial charge >= 0.3 is 0 Å². The summed E-state index contributed by atoms with van der Waals surface area (Å²) in [4.78, 5) is 0. The lowest BCUT2D eigenvalue weighted by Crippen LogP contribution is -3.00. The Kier molecular flexibility index (Phi) is 7.01. The fourth-order valence-electron chi connectivity index (χ4n) is 1.83. The van der Waals surface area contributed by atoms with Crippen LogP contribution in [0.15, 0.2) is 30.3 Å². The molecule has 2 rings (SSSR count). The zero-order valence-electron chi connectivity index (χ0n) is 9.90. The third-order valence-corrected chi connectivity index (χ3v) is 2.69. The number of halogens is 1. The van der Waals surface area contributed by atoms with E-state index >= 15 is 0 Å². The summed E-state index contributed by atoms with van der Waals surface area (Å²) in [6.45, 7) is 3.44. The molecule has 96 valence electrons. The molecule has 1 N–H and O–H groups in total. The van der Waals surface area contributed by atoms with Crippen LogP contribution in [-0.4, -0.2) is 32.4 Å². The van der Waals surface area contributed by atoms with E-state index in [4.69, 9.17) is 9.47 Å². The summed E-state index contributed by atoms with van der Waals surface area (Å²) in [6.07, 6.45) is 2.80. The average molecular weight is 257 g/mol. The Hall–Kier alpha value is -0.770. The zero-order chi connectivity index (χ0) is 11.1. The molecule has 0 aliphatic carbocycles. The molecule has 0 spiro atoms. The van der Waals surface area contributed by atoms with Crippen LogP contribution >= 0.6 is 0 Å². The molecular formula is C13H19ClNO2-. The minimum atomic E-state index is 0. The Balaban J connectivity index is 0.00000144. The monoisotopic (exact) mass is 256 g/mol. The Bertz CT molecular complexity index is 289. The summed E-state index contributed by atoms with van der Waals surface area (Å²) in [7, 11) is 0. The van der Waals surface area contributed by atoms with Gasteiger partial charge in [0.05, 0.1) is 6.10 Å². The lowest BCUT2D eigenvalue weighted by atomic mass is 10.2. The van der Waals surface area contributed by atoms with E-state index in [0.29, 0.717) is 12.7 Å². The second-order valence-electron chi connectivity index (χ2n) is 4.00. The first-order valence-electron chi connectivity index (χ1n) is 5.95. The van der Waals surface area contributed by atoms with Crippen LogP contribution in [0.5, 0.6) is 5.75 Å². The van der Waals surface area contributed by atoms with Crippen molar-refractivity contribution in [2.45, 2.75) is 18.9 Å². The quantitative estimate of drug-likeness (QED) is 0.652. The summed E-state index contributed by atoms with van der Waals surface area (Å²) in [5, 5.41) is 3.35. The van der Waals surface area contributed by atoms with E-state index in [1.807, 2.05) is 30.3 Å². The van der Waals surface area contributed by atoms with E-state index in [0.717, 1.165) is 25.4 Å². The second kappa shape index (κ2) is 8.34. The fraction of sp³-hybridized carbons (Fsp3) is 0.538. The lowest BCUT2D eigenvalue weighted by molar-refractivity contribution is -0.00000511. The van der Waals surface area contributed by atoms with Crippen LogP contribution in [0.4, 0.5) is 0 Å². The average Bonchev–Trinajstić information content (AvgIpc) is 2.83. The maximum absolute atomic E-state index is 5.57. The molecule has 0 amide bonds.